The van der Waals surface area contributed by atoms with Crippen LogP contribution in [0.4, 0.5) is 30.2 Å². The van der Waals surface area contributed by atoms with E-state index in [-0.39, 0.29) is 17.9 Å². The summed E-state index contributed by atoms with van der Waals surface area (Å²) in [7, 11) is 0. The number of para-hydroxylation sites is 1. The van der Waals surface area contributed by atoms with E-state index in [0.29, 0.717) is 0 Å². The summed E-state index contributed by atoms with van der Waals surface area (Å²) in [5.74, 6) is -0.742. The highest BCUT2D eigenvalue weighted by atomic mass is 19.4. The molecule has 2 aromatic carbocycles. The molecule has 9 nitrogen and oxygen atoms in total. The van der Waals surface area contributed by atoms with Crippen LogP contribution < -0.4 is 10.1 Å². The number of hydrogen-bond acceptors (Lipinski definition) is 6. The molecule has 0 aromatic heterocycles. The second-order valence-corrected chi connectivity index (χ2v) is 5.05. The lowest BCUT2D eigenvalue weighted by Gasteiger charge is -2.11. The molecule has 1 N–H and O–H groups in total. The number of benzene rings is 2. The smallest absolute Gasteiger partial charge is 0.416 e. The van der Waals surface area contributed by atoms with Crippen molar-refractivity contribution in [3.8, 4) is 5.75 Å². The molecule has 27 heavy (non-hydrogen) atoms. The van der Waals surface area contributed by atoms with Crippen LogP contribution in [0.25, 0.3) is 0 Å². The van der Waals surface area contributed by atoms with E-state index >= 15 is 0 Å². The number of nitrogens with one attached hydrogen (secondary N) is 1. The van der Waals surface area contributed by atoms with E-state index in [4.69, 9.17) is 4.74 Å². The molecule has 2 aromatic rings. The molecule has 0 spiro atoms. The van der Waals surface area contributed by atoms with E-state index in [1.165, 1.54) is 12.1 Å². The summed E-state index contributed by atoms with van der Waals surface area (Å²) in [4.78, 5) is 31.5. The lowest BCUT2D eigenvalue weighted by molar-refractivity contribution is -0.392. The molecule has 1 amide bonds. The Morgan fingerprint density at radius 1 is 1.04 bits per heavy atom. The van der Waals surface area contributed by atoms with Gasteiger partial charge < -0.3 is 10.1 Å². The van der Waals surface area contributed by atoms with E-state index in [1.54, 1.807) is 18.2 Å². The zero-order valence-corrected chi connectivity index (χ0v) is 13.2. The Hall–Kier alpha value is -3.70. The molecule has 12 heteroatoms. The number of halogens is 3. The topological polar surface area (TPSA) is 125 Å². The molecule has 0 unspecified atom stereocenters. The summed E-state index contributed by atoms with van der Waals surface area (Å²) >= 11 is 0. The Kier molecular flexibility index (Phi) is 5.58. The van der Waals surface area contributed by atoms with Crippen LogP contribution >= 0.6 is 0 Å². The number of amides is 1. The Bertz CT molecular complexity index is 851. The lowest BCUT2D eigenvalue weighted by atomic mass is 10.1. The molecule has 0 saturated heterocycles. The largest absolute Gasteiger partial charge is 0.484 e. The summed E-state index contributed by atoms with van der Waals surface area (Å²) in [6.07, 6.45) is -5.05. The number of nitrogens with zero attached hydrogens (tertiary/aromatic N) is 2. The maximum atomic E-state index is 12.8. The van der Waals surface area contributed by atoms with E-state index in [0.717, 1.165) is 0 Å². The number of anilines is 1. The van der Waals surface area contributed by atoms with E-state index in [9.17, 15) is 38.2 Å². The zero-order valence-electron chi connectivity index (χ0n) is 13.2. The van der Waals surface area contributed by atoms with Crippen molar-refractivity contribution in [1.82, 2.24) is 0 Å². The second kappa shape index (κ2) is 7.68. The highest BCUT2D eigenvalue weighted by Crippen LogP contribution is 2.41. The van der Waals surface area contributed by atoms with Gasteiger partial charge in [0.25, 0.3) is 5.91 Å². The van der Waals surface area contributed by atoms with Gasteiger partial charge in [0.15, 0.2) is 12.3 Å². The van der Waals surface area contributed by atoms with Gasteiger partial charge in [-0.05, 0) is 12.1 Å². The van der Waals surface area contributed by atoms with Crippen LogP contribution in [0.2, 0.25) is 0 Å². The van der Waals surface area contributed by atoms with Crippen molar-refractivity contribution in [3.63, 3.8) is 0 Å². The van der Waals surface area contributed by atoms with Gasteiger partial charge in [-0.1, -0.05) is 18.2 Å². The molecular formula is C15H10F3N3O6. The van der Waals surface area contributed by atoms with Gasteiger partial charge in [-0.3, -0.25) is 25.0 Å². The normalized spacial score (nSPS) is 10.9. The van der Waals surface area contributed by atoms with Gasteiger partial charge in [0.2, 0.25) is 0 Å². The van der Waals surface area contributed by atoms with Crippen LogP contribution in [0.1, 0.15) is 5.56 Å². The fourth-order valence-electron chi connectivity index (χ4n) is 2.03. The predicted molar refractivity (Wildman–Crippen MR) is 85.3 cm³/mol. The number of ether oxygens (including phenoxy) is 1. The Balaban J connectivity index is 2.35. The summed E-state index contributed by atoms with van der Waals surface area (Å²) in [6.45, 7) is -0.667. The van der Waals surface area contributed by atoms with Gasteiger partial charge in [-0.15, -0.1) is 0 Å². The van der Waals surface area contributed by atoms with Crippen molar-refractivity contribution in [1.29, 1.82) is 0 Å². The van der Waals surface area contributed by atoms with Gasteiger partial charge in [-0.25, -0.2) is 0 Å². The second-order valence-electron chi connectivity index (χ2n) is 5.05. The third-order valence-electron chi connectivity index (χ3n) is 3.19. The standard InChI is InChI=1S/C15H10F3N3O6/c16-15(17,18)9-6-11(20(23)24)14(12(7-9)21(25)26)19-13(22)8-27-10-4-2-1-3-5-10/h1-7H,8H2,(H,19,22). The van der Waals surface area contributed by atoms with E-state index in [2.05, 4.69) is 0 Å². The van der Waals surface area contributed by atoms with Crippen LogP contribution in [0.15, 0.2) is 42.5 Å². The molecule has 0 heterocycles. The van der Waals surface area contributed by atoms with Crippen molar-refractivity contribution in [2.24, 2.45) is 0 Å². The number of hydrogen-bond donors (Lipinski definition) is 1. The van der Waals surface area contributed by atoms with Crippen molar-refractivity contribution in [2.75, 3.05) is 11.9 Å². The fraction of sp³-hybridized carbons (Fsp3) is 0.133. The third kappa shape index (κ3) is 4.90. The Morgan fingerprint density at radius 3 is 2.00 bits per heavy atom. The minimum atomic E-state index is -5.05. The molecule has 0 bridgehead atoms. The Labute approximate surface area is 148 Å². The van der Waals surface area contributed by atoms with Crippen LogP contribution in [-0.2, 0) is 11.0 Å². The number of nitro benzene ring substituents is 2. The average Bonchev–Trinajstić information content (AvgIpc) is 2.59. The number of rotatable bonds is 6. The van der Waals surface area contributed by atoms with Gasteiger partial charge in [0, 0.05) is 12.1 Å². The summed E-state index contributed by atoms with van der Waals surface area (Å²) in [5, 5.41) is 24.0. The Morgan fingerprint density at radius 2 is 1.56 bits per heavy atom. The van der Waals surface area contributed by atoms with Crippen molar-refractivity contribution in [2.45, 2.75) is 6.18 Å². The van der Waals surface area contributed by atoms with Crippen LogP contribution in [0.5, 0.6) is 5.75 Å². The van der Waals surface area contributed by atoms with E-state index in [1.807, 2.05) is 5.32 Å². The van der Waals surface area contributed by atoms with Crippen molar-refractivity contribution >= 4 is 23.0 Å². The molecule has 0 aliphatic rings. The fourth-order valence-corrected chi connectivity index (χ4v) is 2.03. The van der Waals surface area contributed by atoms with Crippen molar-refractivity contribution < 1.29 is 32.5 Å². The number of carbonyl (C=O) groups excluding carboxylic acids is 1. The molecule has 0 saturated carbocycles. The summed E-state index contributed by atoms with van der Waals surface area (Å²) in [6, 6.07) is 8.15. The first-order valence-electron chi connectivity index (χ1n) is 7.11. The maximum Gasteiger partial charge on any atom is 0.416 e. The molecule has 0 aliphatic carbocycles. The number of carbonyl (C=O) groups is 1. The molecule has 0 aliphatic heterocycles. The first-order valence-corrected chi connectivity index (χ1v) is 7.11. The van der Waals surface area contributed by atoms with Gasteiger partial charge in [0.1, 0.15) is 5.75 Å². The van der Waals surface area contributed by atoms with Crippen molar-refractivity contribution in [3.05, 3.63) is 68.3 Å². The number of alkyl halides is 3. The molecule has 142 valence electrons. The average molecular weight is 385 g/mol. The molecule has 0 atom stereocenters. The zero-order chi connectivity index (χ0) is 20.2. The quantitative estimate of drug-likeness (QED) is 0.599. The molecular weight excluding hydrogens is 375 g/mol. The SMILES string of the molecule is O=C(COc1ccccc1)Nc1c([N+](=O)[O-])cc(C(F)(F)F)cc1[N+](=O)[O-]. The highest BCUT2D eigenvalue weighted by molar-refractivity contribution is 5.97. The van der Waals surface area contributed by atoms with E-state index < -0.39 is 51.2 Å². The first kappa shape index (κ1) is 19.6. The third-order valence-corrected chi connectivity index (χ3v) is 3.19. The summed E-state index contributed by atoms with van der Waals surface area (Å²) in [5.41, 5.74) is -5.06. The number of nitro groups is 2. The maximum absolute atomic E-state index is 12.8. The first-order chi connectivity index (χ1) is 12.6. The predicted octanol–water partition coefficient (Wildman–Crippen LogP) is 3.54. The minimum absolute atomic E-state index is 0.112. The lowest BCUT2D eigenvalue weighted by Crippen LogP contribution is -2.22. The monoisotopic (exact) mass is 385 g/mol. The minimum Gasteiger partial charge on any atom is -0.484 e. The van der Waals surface area contributed by atoms with Gasteiger partial charge in [-0.2, -0.15) is 13.2 Å². The van der Waals surface area contributed by atoms with Crippen LogP contribution in [0, 0.1) is 20.2 Å². The van der Waals surface area contributed by atoms with Crippen LogP contribution in [-0.4, -0.2) is 22.4 Å². The summed E-state index contributed by atoms with van der Waals surface area (Å²) < 4.78 is 43.6. The van der Waals surface area contributed by atoms with Gasteiger partial charge in [0.05, 0.1) is 15.4 Å². The molecule has 0 fully saturated rings. The highest BCUT2D eigenvalue weighted by Gasteiger charge is 2.38. The van der Waals surface area contributed by atoms with Gasteiger partial charge >= 0.3 is 17.6 Å². The van der Waals surface area contributed by atoms with Crippen LogP contribution in [0.3, 0.4) is 0 Å². The molecule has 2 rings (SSSR count). The molecule has 0 radical (unpaired) electrons.